The lowest BCUT2D eigenvalue weighted by molar-refractivity contribution is -0.266. The van der Waals surface area contributed by atoms with Crippen molar-refractivity contribution in [2.24, 2.45) is 0 Å². The summed E-state index contributed by atoms with van der Waals surface area (Å²) in [5.41, 5.74) is 0. The van der Waals surface area contributed by atoms with Crippen LogP contribution in [-0.4, -0.2) is 72.3 Å². The molecule has 1 aliphatic rings. The van der Waals surface area contributed by atoms with E-state index < -0.39 is 67.2 Å². The number of nitrogens with one attached hydrogen (secondary N) is 1. The van der Waals surface area contributed by atoms with Gasteiger partial charge in [-0.05, 0) is 0 Å². The van der Waals surface area contributed by atoms with Crippen molar-refractivity contribution in [2.75, 3.05) is 6.61 Å². The average Bonchev–Trinajstić information content (AvgIpc) is 2.49. The Balaban J connectivity index is 3.18. The molecule has 0 saturated carbocycles. The van der Waals surface area contributed by atoms with Gasteiger partial charge in [0.25, 0.3) is 0 Å². The van der Waals surface area contributed by atoms with Gasteiger partial charge in [-0.15, -0.1) is 0 Å². The summed E-state index contributed by atoms with van der Waals surface area (Å²) >= 11 is 0. The number of carbonyl (C=O) groups excluding carboxylic acids is 4. The third kappa shape index (κ3) is 6.67. The van der Waals surface area contributed by atoms with Crippen molar-refractivity contribution in [3.63, 3.8) is 0 Å². The summed E-state index contributed by atoms with van der Waals surface area (Å²) in [6.45, 7) is 2.36. The van der Waals surface area contributed by atoms with E-state index in [1.165, 1.54) is 5.32 Å². The minimum absolute atomic E-state index is 0.567. The number of hydrogen-bond acceptors (Lipinski definition) is 9. The summed E-state index contributed by atoms with van der Waals surface area (Å²) in [4.78, 5) is 44.9. The van der Waals surface area contributed by atoms with Gasteiger partial charge in [-0.3, -0.25) is 19.2 Å². The third-order valence-electron chi connectivity index (χ3n) is 3.28. The van der Waals surface area contributed by atoms with Gasteiger partial charge in [0.15, 0.2) is 18.5 Å². The molecule has 0 spiro atoms. The molecule has 3 unspecified atom stereocenters. The summed E-state index contributed by atoms with van der Waals surface area (Å²) in [7, 11) is 0. The molecule has 1 fully saturated rings. The van der Waals surface area contributed by atoms with Crippen LogP contribution in [0.25, 0.3) is 0 Å². The smallest absolute Gasteiger partial charge is 0.463 e. The monoisotopic (exact) mass is 401 g/mol. The van der Waals surface area contributed by atoms with Crippen LogP contribution in [0.5, 0.6) is 0 Å². The summed E-state index contributed by atoms with van der Waals surface area (Å²) < 4.78 is 57.1. The largest absolute Gasteiger partial charge is 0.471 e. The number of aliphatic hydroxyl groups excluding tert-OH is 1. The second-order valence-corrected chi connectivity index (χ2v) is 5.51. The van der Waals surface area contributed by atoms with Gasteiger partial charge in [0.05, 0.1) is 0 Å². The van der Waals surface area contributed by atoms with E-state index in [1.54, 1.807) is 0 Å². The zero-order valence-electron chi connectivity index (χ0n) is 14.4. The van der Waals surface area contributed by atoms with Crippen LogP contribution in [0, 0.1) is 0 Å². The molecule has 0 radical (unpaired) electrons. The molecule has 1 aliphatic heterocycles. The minimum atomic E-state index is -5.30. The molecule has 0 aromatic heterocycles. The van der Waals surface area contributed by atoms with Crippen LogP contribution in [0.4, 0.5) is 13.2 Å². The Morgan fingerprint density at radius 3 is 1.96 bits per heavy atom. The van der Waals surface area contributed by atoms with Crippen molar-refractivity contribution >= 4 is 23.8 Å². The van der Waals surface area contributed by atoms with Crippen molar-refractivity contribution in [3.05, 3.63) is 0 Å². The number of alkyl halides is 3. The molecular weight excluding hydrogens is 383 g/mol. The Kier molecular flexibility index (Phi) is 7.54. The second kappa shape index (κ2) is 8.99. The Bertz CT molecular complexity index is 595. The number of esters is 3. The molecule has 0 aromatic rings. The van der Waals surface area contributed by atoms with Gasteiger partial charge in [0, 0.05) is 20.8 Å². The molecule has 27 heavy (non-hydrogen) atoms. The van der Waals surface area contributed by atoms with Crippen LogP contribution in [-0.2, 0) is 38.1 Å². The Labute approximate surface area is 150 Å². The molecular formula is C14H18F3NO9. The fourth-order valence-corrected chi connectivity index (χ4v) is 2.31. The standard InChI is InChI=1S/C14H18F3NO9/c1-5(19)24-4-8-10(25-6(2)20)11(26-7(3)21)9(12(22)27-8)18-13(23)14(15,16)17/h8-12,22H,4H2,1-3H3,(H,18,23)/t8?,9?,10-,11+,12?/m0/s1. The van der Waals surface area contributed by atoms with Gasteiger partial charge in [-0.2, -0.15) is 13.2 Å². The zero-order valence-corrected chi connectivity index (χ0v) is 14.4. The highest BCUT2D eigenvalue weighted by atomic mass is 19.4. The third-order valence-corrected chi connectivity index (χ3v) is 3.28. The highest BCUT2D eigenvalue weighted by Crippen LogP contribution is 2.27. The SMILES string of the molecule is CC(=O)OCC1OC(O)C(NC(=O)C(F)(F)F)[C@@H](OC(C)=O)[C@H]1OC(C)=O. The molecule has 0 aliphatic carbocycles. The van der Waals surface area contributed by atoms with Crippen molar-refractivity contribution in [3.8, 4) is 0 Å². The number of halogens is 3. The lowest BCUT2D eigenvalue weighted by atomic mass is 9.96. The molecule has 1 amide bonds. The zero-order chi connectivity index (χ0) is 20.9. The molecule has 13 heteroatoms. The minimum Gasteiger partial charge on any atom is -0.463 e. The number of aliphatic hydroxyl groups is 1. The van der Waals surface area contributed by atoms with Crippen LogP contribution in [0.3, 0.4) is 0 Å². The molecule has 154 valence electrons. The first-order valence-electron chi connectivity index (χ1n) is 7.52. The van der Waals surface area contributed by atoms with Crippen LogP contribution < -0.4 is 5.32 Å². The van der Waals surface area contributed by atoms with Gasteiger partial charge in [0.2, 0.25) is 0 Å². The van der Waals surface area contributed by atoms with Crippen molar-refractivity contribution in [1.82, 2.24) is 5.32 Å². The lowest BCUT2D eigenvalue weighted by Gasteiger charge is -2.43. The average molecular weight is 401 g/mol. The number of amides is 1. The maximum Gasteiger partial charge on any atom is 0.471 e. The van der Waals surface area contributed by atoms with Gasteiger partial charge in [-0.25, -0.2) is 0 Å². The van der Waals surface area contributed by atoms with Gasteiger partial charge in [-0.1, -0.05) is 0 Å². The lowest BCUT2D eigenvalue weighted by Crippen LogP contribution is -2.67. The fraction of sp³-hybridized carbons (Fsp3) is 0.714. The first kappa shape index (κ1) is 22.6. The van der Waals surface area contributed by atoms with Crippen molar-refractivity contribution in [1.29, 1.82) is 0 Å². The topological polar surface area (TPSA) is 137 Å². The molecule has 1 rings (SSSR count). The Morgan fingerprint density at radius 1 is 1.00 bits per heavy atom. The molecule has 2 N–H and O–H groups in total. The molecule has 10 nitrogen and oxygen atoms in total. The highest BCUT2D eigenvalue weighted by molar-refractivity contribution is 5.82. The van der Waals surface area contributed by atoms with Crippen LogP contribution in [0.15, 0.2) is 0 Å². The first-order valence-corrected chi connectivity index (χ1v) is 7.52. The van der Waals surface area contributed by atoms with E-state index in [2.05, 4.69) is 0 Å². The maximum absolute atomic E-state index is 12.5. The van der Waals surface area contributed by atoms with E-state index in [9.17, 15) is 37.5 Å². The predicted molar refractivity (Wildman–Crippen MR) is 76.6 cm³/mol. The molecule has 0 bridgehead atoms. The second-order valence-electron chi connectivity index (χ2n) is 5.51. The van der Waals surface area contributed by atoms with Crippen LogP contribution >= 0.6 is 0 Å². The van der Waals surface area contributed by atoms with Crippen LogP contribution in [0.1, 0.15) is 20.8 Å². The predicted octanol–water partition coefficient (Wildman–Crippen LogP) is -0.823. The summed E-state index contributed by atoms with van der Waals surface area (Å²) in [5.74, 6) is -5.12. The van der Waals surface area contributed by atoms with Gasteiger partial charge < -0.3 is 29.4 Å². The van der Waals surface area contributed by atoms with E-state index in [4.69, 9.17) is 18.9 Å². The molecule has 1 saturated heterocycles. The molecule has 0 aromatic carbocycles. The normalized spacial score (nSPS) is 28.0. The van der Waals surface area contributed by atoms with E-state index >= 15 is 0 Å². The number of carbonyl (C=O) groups is 4. The Morgan fingerprint density at radius 2 is 1.52 bits per heavy atom. The fourth-order valence-electron chi connectivity index (χ4n) is 2.31. The first-order chi connectivity index (χ1) is 12.3. The molecule has 5 atom stereocenters. The van der Waals surface area contributed by atoms with Gasteiger partial charge in [0.1, 0.15) is 18.8 Å². The molecule has 1 heterocycles. The summed E-state index contributed by atoms with van der Waals surface area (Å²) in [5, 5.41) is 11.4. The quantitative estimate of drug-likeness (QED) is 0.447. The number of rotatable bonds is 5. The van der Waals surface area contributed by atoms with Crippen molar-refractivity contribution in [2.45, 2.75) is 57.6 Å². The maximum atomic E-state index is 12.5. The van der Waals surface area contributed by atoms with Gasteiger partial charge >= 0.3 is 30.0 Å². The van der Waals surface area contributed by atoms with Crippen LogP contribution in [0.2, 0.25) is 0 Å². The summed E-state index contributed by atoms with van der Waals surface area (Å²) in [6.07, 6.45) is -12.1. The highest BCUT2D eigenvalue weighted by Gasteiger charge is 2.52. The van der Waals surface area contributed by atoms with E-state index in [-0.39, 0.29) is 0 Å². The summed E-state index contributed by atoms with van der Waals surface area (Å²) in [6, 6.07) is -1.92. The Hall–Kier alpha value is -2.41. The van der Waals surface area contributed by atoms with E-state index in [0.29, 0.717) is 0 Å². The van der Waals surface area contributed by atoms with E-state index in [1.807, 2.05) is 0 Å². The number of ether oxygens (including phenoxy) is 4. The van der Waals surface area contributed by atoms with E-state index in [0.717, 1.165) is 20.8 Å². The number of hydrogen-bond donors (Lipinski definition) is 2. The van der Waals surface area contributed by atoms with Crippen molar-refractivity contribution < 1.29 is 56.4 Å².